The number of furan rings is 1. The molecule has 1 fully saturated rings. The molecule has 5 nitrogen and oxygen atoms in total. The van der Waals surface area contributed by atoms with E-state index in [0.29, 0.717) is 5.76 Å². The summed E-state index contributed by atoms with van der Waals surface area (Å²) in [6, 6.07) is 13.6. The van der Waals surface area contributed by atoms with Crippen LogP contribution in [0.4, 0.5) is 5.00 Å². The molecule has 3 aromatic rings. The second kappa shape index (κ2) is 8.71. The third-order valence-electron chi connectivity index (χ3n) is 5.22. The Kier molecular flexibility index (Phi) is 6.06. The molecule has 1 aliphatic rings. The number of hydrogen-bond donors (Lipinski definition) is 1. The molecule has 2 aromatic heterocycles. The molecule has 1 saturated heterocycles. The number of nitrogens with one attached hydrogen (secondary N) is 1. The third-order valence-corrected chi connectivity index (χ3v) is 6.43. The molecular weight excluding hydrogens is 406 g/mol. The summed E-state index contributed by atoms with van der Waals surface area (Å²) < 4.78 is 5.26. The Labute approximate surface area is 179 Å². The molecule has 1 amide bonds. The minimum absolute atomic E-state index is 0.0271. The van der Waals surface area contributed by atoms with Crippen molar-refractivity contribution in [3.63, 3.8) is 0 Å². The predicted octanol–water partition coefficient (Wildman–Crippen LogP) is 4.89. The van der Waals surface area contributed by atoms with Crippen LogP contribution in [0.3, 0.4) is 0 Å². The first-order chi connectivity index (χ1) is 14.0. The number of amides is 1. The van der Waals surface area contributed by atoms with Crippen molar-refractivity contribution in [1.29, 1.82) is 0 Å². The fourth-order valence-electron chi connectivity index (χ4n) is 3.75. The van der Waals surface area contributed by atoms with E-state index in [0.717, 1.165) is 52.2 Å². The van der Waals surface area contributed by atoms with Gasteiger partial charge in [-0.3, -0.25) is 9.69 Å². The number of aryl methyl sites for hydroxylation is 1. The number of rotatable bonds is 5. The van der Waals surface area contributed by atoms with E-state index in [1.54, 1.807) is 23.5 Å². The van der Waals surface area contributed by atoms with E-state index in [1.807, 2.05) is 18.2 Å². The number of likely N-dealkylation sites (N-methyl/N-ethyl adjacent to an activating group) is 1. The Morgan fingerprint density at radius 3 is 2.66 bits per heavy atom. The summed E-state index contributed by atoms with van der Waals surface area (Å²) in [6.07, 6.45) is 1.51. The molecule has 0 spiro atoms. The fraction of sp³-hybridized carbons (Fsp3) is 0.318. The second-order valence-electron chi connectivity index (χ2n) is 7.37. The number of piperazine rings is 1. The lowest BCUT2D eigenvalue weighted by atomic mass is 9.97. The number of halogens is 1. The quantitative estimate of drug-likeness (QED) is 0.627. The summed E-state index contributed by atoms with van der Waals surface area (Å²) in [4.78, 5) is 18.6. The Bertz CT molecular complexity index is 978. The van der Waals surface area contributed by atoms with E-state index in [1.165, 1.54) is 6.26 Å². The lowest BCUT2D eigenvalue weighted by molar-refractivity contribution is 0.0996. The van der Waals surface area contributed by atoms with Crippen LogP contribution in [0.25, 0.3) is 0 Å². The van der Waals surface area contributed by atoms with Gasteiger partial charge in [-0.25, -0.2) is 0 Å². The summed E-state index contributed by atoms with van der Waals surface area (Å²) in [5.41, 5.74) is 2.23. The number of thiophene rings is 1. The number of anilines is 1. The molecule has 1 aromatic carbocycles. The van der Waals surface area contributed by atoms with Gasteiger partial charge < -0.3 is 14.6 Å². The number of nitrogens with zero attached hydrogens (tertiary/aromatic N) is 2. The molecule has 0 bridgehead atoms. The van der Waals surface area contributed by atoms with Gasteiger partial charge in [-0.1, -0.05) is 23.7 Å². The van der Waals surface area contributed by atoms with E-state index >= 15 is 0 Å². The van der Waals surface area contributed by atoms with E-state index in [4.69, 9.17) is 16.0 Å². The van der Waals surface area contributed by atoms with Crippen LogP contribution < -0.4 is 5.32 Å². The summed E-state index contributed by atoms with van der Waals surface area (Å²) in [5.74, 6) is 0.0715. The number of carbonyl (C=O) groups is 1. The van der Waals surface area contributed by atoms with Crippen molar-refractivity contribution in [2.24, 2.45) is 0 Å². The summed E-state index contributed by atoms with van der Waals surface area (Å²) in [6.45, 7) is 5.99. The first-order valence-electron chi connectivity index (χ1n) is 9.64. The van der Waals surface area contributed by atoms with E-state index in [-0.39, 0.29) is 11.9 Å². The van der Waals surface area contributed by atoms with Gasteiger partial charge in [-0.05, 0) is 49.9 Å². The minimum atomic E-state index is -0.235. The molecule has 1 atom stereocenters. The summed E-state index contributed by atoms with van der Waals surface area (Å²) in [5, 5.41) is 4.63. The zero-order valence-electron chi connectivity index (χ0n) is 16.5. The van der Waals surface area contributed by atoms with Crippen molar-refractivity contribution >= 4 is 33.8 Å². The monoisotopic (exact) mass is 429 g/mol. The molecule has 0 radical (unpaired) electrons. The molecule has 0 aliphatic carbocycles. The van der Waals surface area contributed by atoms with Crippen LogP contribution in [-0.4, -0.2) is 48.9 Å². The minimum Gasteiger partial charge on any atom is -0.459 e. The van der Waals surface area contributed by atoms with Gasteiger partial charge in [0.2, 0.25) is 0 Å². The zero-order valence-corrected chi connectivity index (χ0v) is 18.1. The Balaban J connectivity index is 1.71. The van der Waals surface area contributed by atoms with Crippen molar-refractivity contribution in [2.75, 3.05) is 38.5 Å². The van der Waals surface area contributed by atoms with Crippen LogP contribution in [0.15, 0.2) is 53.1 Å². The topological polar surface area (TPSA) is 48.7 Å². The molecule has 29 heavy (non-hydrogen) atoms. The normalized spacial score (nSPS) is 16.7. The molecule has 3 heterocycles. The van der Waals surface area contributed by atoms with Crippen LogP contribution in [0.1, 0.15) is 32.6 Å². The maximum absolute atomic E-state index is 12.6. The number of hydrogen-bond acceptors (Lipinski definition) is 5. The van der Waals surface area contributed by atoms with Crippen molar-refractivity contribution < 1.29 is 9.21 Å². The Morgan fingerprint density at radius 2 is 1.97 bits per heavy atom. The Morgan fingerprint density at radius 1 is 1.17 bits per heavy atom. The van der Waals surface area contributed by atoms with Crippen molar-refractivity contribution in [1.82, 2.24) is 9.80 Å². The predicted molar refractivity (Wildman–Crippen MR) is 118 cm³/mol. The first-order valence-corrected chi connectivity index (χ1v) is 10.8. The highest BCUT2D eigenvalue weighted by Crippen LogP contribution is 2.40. The molecule has 4 rings (SSSR count). The second-order valence-corrected chi connectivity index (χ2v) is 9.06. The molecular formula is C22H24ClN3O2S. The fourth-order valence-corrected chi connectivity index (χ4v) is 4.89. The van der Waals surface area contributed by atoms with Gasteiger partial charge in [0.1, 0.15) is 5.00 Å². The molecule has 1 N–H and O–H groups in total. The van der Waals surface area contributed by atoms with Gasteiger partial charge >= 0.3 is 0 Å². The van der Waals surface area contributed by atoms with Crippen LogP contribution >= 0.6 is 22.9 Å². The first kappa shape index (κ1) is 20.2. The average Bonchev–Trinajstić information content (AvgIpc) is 3.34. The van der Waals surface area contributed by atoms with E-state index in [2.05, 4.69) is 41.2 Å². The summed E-state index contributed by atoms with van der Waals surface area (Å²) in [7, 11) is 2.15. The lowest BCUT2D eigenvalue weighted by Crippen LogP contribution is -2.46. The van der Waals surface area contributed by atoms with Gasteiger partial charge in [-0.2, -0.15) is 0 Å². The van der Waals surface area contributed by atoms with Gasteiger partial charge in [0, 0.05) is 41.6 Å². The van der Waals surface area contributed by atoms with Gasteiger partial charge in [-0.15, -0.1) is 11.3 Å². The van der Waals surface area contributed by atoms with Crippen LogP contribution in [0.5, 0.6) is 0 Å². The number of carbonyl (C=O) groups excluding carboxylic acids is 1. The lowest BCUT2D eigenvalue weighted by Gasteiger charge is -2.38. The smallest absolute Gasteiger partial charge is 0.291 e. The molecule has 152 valence electrons. The van der Waals surface area contributed by atoms with Crippen molar-refractivity contribution in [3.8, 4) is 0 Å². The Hall–Kier alpha value is -2.12. The van der Waals surface area contributed by atoms with Crippen LogP contribution in [-0.2, 0) is 0 Å². The number of benzene rings is 1. The molecule has 7 heteroatoms. The molecule has 1 unspecified atom stereocenters. The summed E-state index contributed by atoms with van der Waals surface area (Å²) >= 11 is 7.92. The largest absolute Gasteiger partial charge is 0.459 e. The highest BCUT2D eigenvalue weighted by atomic mass is 35.5. The standard InChI is InChI=1S/C22H24ClN3O2S/c1-15-13-18(22(29-15)24-21(27)19-7-4-12-28-19)20(16-5-3-6-17(23)14-16)26-10-8-25(2)9-11-26/h3-7,12-14,20H,8-11H2,1-2H3,(H,24,27). The highest BCUT2D eigenvalue weighted by molar-refractivity contribution is 7.16. The SMILES string of the molecule is Cc1cc(C(c2cccc(Cl)c2)N2CCN(C)CC2)c(NC(=O)c2ccco2)s1. The van der Waals surface area contributed by atoms with Gasteiger partial charge in [0.15, 0.2) is 5.76 Å². The maximum atomic E-state index is 12.6. The van der Waals surface area contributed by atoms with Gasteiger partial charge in [0.25, 0.3) is 5.91 Å². The molecule has 0 saturated carbocycles. The van der Waals surface area contributed by atoms with E-state index in [9.17, 15) is 4.79 Å². The van der Waals surface area contributed by atoms with Crippen molar-refractivity contribution in [3.05, 3.63) is 75.5 Å². The third kappa shape index (κ3) is 4.56. The van der Waals surface area contributed by atoms with Crippen molar-refractivity contribution in [2.45, 2.75) is 13.0 Å². The average molecular weight is 430 g/mol. The highest BCUT2D eigenvalue weighted by Gasteiger charge is 2.29. The van der Waals surface area contributed by atoms with Crippen LogP contribution in [0.2, 0.25) is 5.02 Å². The van der Waals surface area contributed by atoms with E-state index < -0.39 is 0 Å². The maximum Gasteiger partial charge on any atom is 0.291 e. The van der Waals surface area contributed by atoms with Gasteiger partial charge in [0.05, 0.1) is 12.3 Å². The zero-order chi connectivity index (χ0) is 20.4. The van der Waals surface area contributed by atoms with Crippen LogP contribution in [0, 0.1) is 6.92 Å². The molecule has 1 aliphatic heterocycles.